The van der Waals surface area contributed by atoms with Gasteiger partial charge in [-0.2, -0.15) is 0 Å². The van der Waals surface area contributed by atoms with Crippen molar-refractivity contribution in [2.24, 2.45) is 23.7 Å². The molecule has 0 radical (unpaired) electrons. The van der Waals surface area contributed by atoms with Gasteiger partial charge in [0.05, 0.1) is 5.51 Å². The SMILES string of the molecule is CC(C)C1CCC(CNC2CC2)C(Cc2cncs2)C1. The minimum atomic E-state index is 0.844. The van der Waals surface area contributed by atoms with Crippen molar-refractivity contribution in [3.63, 3.8) is 0 Å². The average Bonchev–Trinajstić information content (AvgIpc) is 3.13. The summed E-state index contributed by atoms with van der Waals surface area (Å²) in [6.45, 7) is 6.05. The Morgan fingerprint density at radius 2 is 2.10 bits per heavy atom. The quantitative estimate of drug-likeness (QED) is 0.853. The number of thiazole rings is 1. The van der Waals surface area contributed by atoms with Crippen molar-refractivity contribution in [3.05, 3.63) is 16.6 Å². The maximum absolute atomic E-state index is 4.25. The molecule has 2 saturated carbocycles. The topological polar surface area (TPSA) is 24.9 Å². The van der Waals surface area contributed by atoms with E-state index in [0.29, 0.717) is 0 Å². The molecule has 0 spiro atoms. The van der Waals surface area contributed by atoms with Crippen LogP contribution in [0.4, 0.5) is 0 Å². The average molecular weight is 292 g/mol. The van der Waals surface area contributed by atoms with Crippen molar-refractivity contribution < 1.29 is 0 Å². The van der Waals surface area contributed by atoms with Crippen LogP contribution in [0.1, 0.15) is 50.8 Å². The maximum atomic E-state index is 4.25. The Bertz CT molecular complexity index is 397. The van der Waals surface area contributed by atoms with Crippen LogP contribution in [0.3, 0.4) is 0 Å². The van der Waals surface area contributed by atoms with E-state index in [2.05, 4.69) is 30.3 Å². The first kappa shape index (κ1) is 14.5. The van der Waals surface area contributed by atoms with E-state index in [4.69, 9.17) is 0 Å². The zero-order chi connectivity index (χ0) is 13.9. The van der Waals surface area contributed by atoms with Crippen LogP contribution in [-0.2, 0) is 6.42 Å². The number of hydrogen-bond acceptors (Lipinski definition) is 3. The minimum Gasteiger partial charge on any atom is -0.314 e. The summed E-state index contributed by atoms with van der Waals surface area (Å²) in [5.74, 6) is 3.52. The first-order chi connectivity index (χ1) is 9.72. The van der Waals surface area contributed by atoms with E-state index in [1.165, 1.54) is 49.9 Å². The molecule has 0 bridgehead atoms. The minimum absolute atomic E-state index is 0.844. The van der Waals surface area contributed by atoms with Crippen LogP contribution in [0, 0.1) is 23.7 Å². The molecule has 0 aromatic carbocycles. The van der Waals surface area contributed by atoms with Gasteiger partial charge in [-0.3, -0.25) is 4.98 Å². The third kappa shape index (κ3) is 3.82. The molecule has 112 valence electrons. The van der Waals surface area contributed by atoms with Crippen LogP contribution in [0.2, 0.25) is 0 Å². The molecule has 2 aliphatic rings. The highest BCUT2D eigenvalue weighted by Crippen LogP contribution is 2.39. The second-order valence-electron chi connectivity index (χ2n) is 7.19. The highest BCUT2D eigenvalue weighted by atomic mass is 32.1. The van der Waals surface area contributed by atoms with E-state index in [9.17, 15) is 0 Å². The fourth-order valence-electron chi connectivity index (χ4n) is 3.69. The van der Waals surface area contributed by atoms with Gasteiger partial charge in [0.2, 0.25) is 0 Å². The van der Waals surface area contributed by atoms with Crippen molar-refractivity contribution in [3.8, 4) is 0 Å². The third-order valence-corrected chi connectivity index (χ3v) is 6.12. The van der Waals surface area contributed by atoms with Gasteiger partial charge in [0.15, 0.2) is 0 Å². The highest BCUT2D eigenvalue weighted by Gasteiger charge is 2.33. The molecule has 1 heterocycles. The summed E-state index contributed by atoms with van der Waals surface area (Å²) in [4.78, 5) is 5.74. The summed E-state index contributed by atoms with van der Waals surface area (Å²) in [6, 6.07) is 0.849. The Kier molecular flexibility index (Phi) is 4.77. The predicted octanol–water partition coefficient (Wildman–Crippen LogP) is 4.13. The molecule has 2 aliphatic carbocycles. The number of nitrogens with one attached hydrogen (secondary N) is 1. The normalized spacial score (nSPS) is 30.9. The Labute approximate surface area is 127 Å². The highest BCUT2D eigenvalue weighted by molar-refractivity contribution is 7.09. The van der Waals surface area contributed by atoms with Gasteiger partial charge in [0.25, 0.3) is 0 Å². The first-order valence-corrected chi connectivity index (χ1v) is 9.21. The largest absolute Gasteiger partial charge is 0.314 e. The molecule has 3 rings (SSSR count). The molecular weight excluding hydrogens is 264 g/mol. The lowest BCUT2D eigenvalue weighted by atomic mass is 9.69. The second-order valence-corrected chi connectivity index (χ2v) is 8.16. The third-order valence-electron chi connectivity index (χ3n) is 5.32. The molecule has 0 saturated heterocycles. The summed E-state index contributed by atoms with van der Waals surface area (Å²) < 4.78 is 0. The molecule has 1 aromatic heterocycles. The summed E-state index contributed by atoms with van der Waals surface area (Å²) in [5, 5.41) is 3.77. The van der Waals surface area contributed by atoms with Crippen molar-refractivity contribution in [1.29, 1.82) is 0 Å². The van der Waals surface area contributed by atoms with Gasteiger partial charge < -0.3 is 5.32 Å². The summed E-state index contributed by atoms with van der Waals surface area (Å²) >= 11 is 1.83. The monoisotopic (exact) mass is 292 g/mol. The van der Waals surface area contributed by atoms with Crippen LogP contribution >= 0.6 is 11.3 Å². The van der Waals surface area contributed by atoms with E-state index in [1.54, 1.807) is 0 Å². The molecule has 1 N–H and O–H groups in total. The Morgan fingerprint density at radius 1 is 1.25 bits per heavy atom. The molecule has 1 aromatic rings. The van der Waals surface area contributed by atoms with Gasteiger partial charge in [-0.05, 0) is 68.7 Å². The predicted molar refractivity (Wildman–Crippen MR) is 86.0 cm³/mol. The van der Waals surface area contributed by atoms with Crippen molar-refractivity contribution in [2.45, 2.75) is 58.4 Å². The zero-order valence-electron chi connectivity index (χ0n) is 12.8. The molecular formula is C17H28N2S. The van der Waals surface area contributed by atoms with Gasteiger partial charge in [0.1, 0.15) is 0 Å². The second kappa shape index (κ2) is 6.57. The lowest BCUT2D eigenvalue weighted by molar-refractivity contribution is 0.145. The van der Waals surface area contributed by atoms with Crippen molar-refractivity contribution in [2.75, 3.05) is 6.54 Å². The van der Waals surface area contributed by atoms with Gasteiger partial charge in [-0.1, -0.05) is 13.8 Å². The van der Waals surface area contributed by atoms with E-state index >= 15 is 0 Å². The summed E-state index contributed by atoms with van der Waals surface area (Å²) in [7, 11) is 0. The number of rotatable bonds is 6. The van der Waals surface area contributed by atoms with Crippen molar-refractivity contribution >= 4 is 11.3 Å². The van der Waals surface area contributed by atoms with Gasteiger partial charge in [-0.15, -0.1) is 11.3 Å². The standard InChI is InChI=1S/C17H28N2S/c1-12(2)13-3-4-14(9-19-16-5-6-16)15(7-13)8-17-10-18-11-20-17/h10-16,19H,3-9H2,1-2H3. The Hall–Kier alpha value is -0.410. The van der Waals surface area contributed by atoms with Crippen LogP contribution in [0.25, 0.3) is 0 Å². The van der Waals surface area contributed by atoms with E-state index < -0.39 is 0 Å². The van der Waals surface area contributed by atoms with Gasteiger partial charge in [-0.25, -0.2) is 0 Å². The summed E-state index contributed by atoms with van der Waals surface area (Å²) in [5.41, 5.74) is 1.98. The molecule has 20 heavy (non-hydrogen) atoms. The smallest absolute Gasteiger partial charge is 0.0794 e. The van der Waals surface area contributed by atoms with Gasteiger partial charge in [0, 0.05) is 17.1 Å². The molecule has 3 unspecified atom stereocenters. The van der Waals surface area contributed by atoms with E-state index in [-0.39, 0.29) is 0 Å². The molecule has 3 atom stereocenters. The number of nitrogens with zero attached hydrogens (tertiary/aromatic N) is 1. The van der Waals surface area contributed by atoms with Crippen LogP contribution in [0.5, 0.6) is 0 Å². The number of aromatic nitrogens is 1. The fraction of sp³-hybridized carbons (Fsp3) is 0.824. The van der Waals surface area contributed by atoms with Crippen LogP contribution < -0.4 is 5.32 Å². The van der Waals surface area contributed by atoms with Crippen molar-refractivity contribution in [1.82, 2.24) is 10.3 Å². The Morgan fingerprint density at radius 3 is 2.75 bits per heavy atom. The summed E-state index contributed by atoms with van der Waals surface area (Å²) in [6.07, 6.45) is 10.4. The molecule has 2 fully saturated rings. The van der Waals surface area contributed by atoms with Crippen LogP contribution in [-0.4, -0.2) is 17.6 Å². The fourth-order valence-corrected chi connectivity index (χ4v) is 4.38. The number of hydrogen-bond donors (Lipinski definition) is 1. The zero-order valence-corrected chi connectivity index (χ0v) is 13.7. The maximum Gasteiger partial charge on any atom is 0.0794 e. The molecule has 0 amide bonds. The Balaban J connectivity index is 1.60. The van der Waals surface area contributed by atoms with E-state index in [0.717, 1.165) is 29.7 Å². The first-order valence-electron chi connectivity index (χ1n) is 8.33. The molecule has 2 nitrogen and oxygen atoms in total. The molecule has 3 heteroatoms. The molecule has 0 aliphatic heterocycles. The lowest BCUT2D eigenvalue weighted by Crippen LogP contribution is -2.36. The lowest BCUT2D eigenvalue weighted by Gasteiger charge is -2.38. The van der Waals surface area contributed by atoms with E-state index in [1.807, 2.05) is 16.8 Å². The van der Waals surface area contributed by atoms with Gasteiger partial charge >= 0.3 is 0 Å². The van der Waals surface area contributed by atoms with Crippen LogP contribution in [0.15, 0.2) is 11.7 Å².